The number of alkyl halides is 3. The van der Waals surface area contributed by atoms with Crippen molar-refractivity contribution in [2.75, 3.05) is 18.4 Å². The minimum absolute atomic E-state index is 0.267. The third-order valence-corrected chi connectivity index (χ3v) is 6.57. The average Bonchev–Trinajstić information content (AvgIpc) is 3.46. The highest BCUT2D eigenvalue weighted by Gasteiger charge is 2.31. The van der Waals surface area contributed by atoms with Crippen molar-refractivity contribution >= 4 is 17.5 Å². The lowest BCUT2D eigenvalue weighted by Gasteiger charge is -2.26. The van der Waals surface area contributed by atoms with Crippen LogP contribution in [-0.4, -0.2) is 52.1 Å². The predicted octanol–water partition coefficient (Wildman–Crippen LogP) is 4.46. The van der Waals surface area contributed by atoms with E-state index in [4.69, 9.17) is 0 Å². The quantitative estimate of drug-likeness (QED) is 0.308. The van der Waals surface area contributed by atoms with Gasteiger partial charge in [-0.3, -0.25) is 9.59 Å². The minimum atomic E-state index is -4.75. The largest absolute Gasteiger partial charge is 0.573 e. The van der Waals surface area contributed by atoms with Gasteiger partial charge in [0, 0.05) is 24.3 Å². The molecule has 1 unspecified atom stereocenters. The molecule has 208 valence electrons. The van der Waals surface area contributed by atoms with Crippen LogP contribution in [0.1, 0.15) is 48.9 Å². The number of amides is 2. The molecule has 39 heavy (non-hydrogen) atoms. The van der Waals surface area contributed by atoms with E-state index in [1.54, 1.807) is 35.3 Å². The van der Waals surface area contributed by atoms with E-state index in [1.165, 1.54) is 37.0 Å². The lowest BCUT2D eigenvalue weighted by atomic mass is 9.84. The lowest BCUT2D eigenvalue weighted by Crippen LogP contribution is -2.48. The molecule has 0 aliphatic heterocycles. The summed E-state index contributed by atoms with van der Waals surface area (Å²) in [6, 6.07) is 11.5. The lowest BCUT2D eigenvalue weighted by molar-refractivity contribution is -0.274. The monoisotopic (exact) mass is 544 g/mol. The summed E-state index contributed by atoms with van der Waals surface area (Å²) >= 11 is 0. The van der Waals surface area contributed by atoms with E-state index in [0.29, 0.717) is 30.1 Å². The maximum atomic E-state index is 13.1. The van der Waals surface area contributed by atoms with Crippen LogP contribution in [0.5, 0.6) is 5.75 Å². The van der Waals surface area contributed by atoms with Crippen LogP contribution in [0.3, 0.4) is 0 Å². The normalized spacial score (nSPS) is 14.8. The van der Waals surface area contributed by atoms with Crippen LogP contribution in [0, 0.1) is 5.92 Å². The van der Waals surface area contributed by atoms with Crippen molar-refractivity contribution in [3.63, 3.8) is 0 Å². The summed E-state index contributed by atoms with van der Waals surface area (Å²) in [5, 5.41) is 12.9. The summed E-state index contributed by atoms with van der Waals surface area (Å²) in [5.41, 5.74) is 1.77. The number of anilines is 1. The van der Waals surface area contributed by atoms with Gasteiger partial charge in [-0.15, -0.1) is 13.2 Å². The maximum Gasteiger partial charge on any atom is 0.573 e. The van der Waals surface area contributed by atoms with E-state index in [9.17, 15) is 22.8 Å². The number of nitrogens with one attached hydrogen (secondary N) is 3. The van der Waals surface area contributed by atoms with Gasteiger partial charge in [0.15, 0.2) is 0 Å². The zero-order chi connectivity index (χ0) is 27.7. The Morgan fingerprint density at radius 1 is 1.00 bits per heavy atom. The Balaban J connectivity index is 1.30. The summed E-state index contributed by atoms with van der Waals surface area (Å²) in [6.07, 6.45) is 4.28. The molecule has 0 bridgehead atoms. The van der Waals surface area contributed by atoms with Crippen LogP contribution < -0.4 is 20.7 Å². The molecule has 1 fully saturated rings. The first-order chi connectivity index (χ1) is 18.8. The van der Waals surface area contributed by atoms with E-state index in [2.05, 4.69) is 30.8 Å². The maximum absolute atomic E-state index is 13.1. The number of benzene rings is 2. The number of carbonyl (C=O) groups is 2. The molecule has 1 saturated carbocycles. The van der Waals surface area contributed by atoms with Gasteiger partial charge in [0.05, 0.1) is 5.69 Å². The molecule has 9 nitrogen and oxygen atoms in total. The Morgan fingerprint density at radius 2 is 1.72 bits per heavy atom. The molecule has 0 saturated heterocycles. The molecule has 1 atom stereocenters. The van der Waals surface area contributed by atoms with Crippen LogP contribution in [-0.2, 0) is 4.79 Å². The van der Waals surface area contributed by atoms with Gasteiger partial charge >= 0.3 is 6.36 Å². The van der Waals surface area contributed by atoms with Crippen LogP contribution in [0.2, 0.25) is 0 Å². The average molecular weight is 545 g/mol. The van der Waals surface area contributed by atoms with Gasteiger partial charge in [-0.1, -0.05) is 32.1 Å². The Labute approximate surface area is 224 Å². The van der Waals surface area contributed by atoms with Crippen LogP contribution in [0.4, 0.5) is 18.9 Å². The number of hydrogen-bond acceptors (Lipinski definition) is 6. The summed E-state index contributed by atoms with van der Waals surface area (Å²) in [6.45, 7) is 0.613. The molecule has 1 heterocycles. The molecule has 4 rings (SSSR count). The molecule has 2 aromatic carbocycles. The Hall–Kier alpha value is -4.09. The van der Waals surface area contributed by atoms with Crippen molar-refractivity contribution < 1.29 is 27.5 Å². The van der Waals surface area contributed by atoms with E-state index < -0.39 is 12.4 Å². The Bertz CT molecular complexity index is 1200. The third-order valence-electron chi connectivity index (χ3n) is 6.57. The van der Waals surface area contributed by atoms with Gasteiger partial charge in [0.25, 0.3) is 5.91 Å². The van der Waals surface area contributed by atoms with Gasteiger partial charge in [-0.05, 0) is 60.9 Å². The van der Waals surface area contributed by atoms with Crippen molar-refractivity contribution in [1.29, 1.82) is 0 Å². The predicted molar refractivity (Wildman–Crippen MR) is 138 cm³/mol. The van der Waals surface area contributed by atoms with Gasteiger partial charge in [-0.2, -0.15) is 5.10 Å². The van der Waals surface area contributed by atoms with Gasteiger partial charge in [-0.25, -0.2) is 9.67 Å². The smallest absolute Gasteiger partial charge is 0.406 e. The van der Waals surface area contributed by atoms with E-state index in [1.807, 2.05) is 0 Å². The number of carbonyl (C=O) groups excluding carboxylic acids is 2. The standard InChI is InChI=1S/C27H31F3N6O3/c28-27(29,30)39-23-12-8-21(9-13-23)32-14-15-33-26(38)24(16-19-4-2-1-3-5-19)35-25(37)20-6-10-22(11-7-20)36-18-31-17-34-36/h6-13,17-19,24,32H,1-5,14-16H2,(H,33,38)(H,35,37). The highest BCUT2D eigenvalue weighted by Crippen LogP contribution is 2.28. The van der Waals surface area contributed by atoms with Crippen LogP contribution in [0.25, 0.3) is 5.69 Å². The first-order valence-electron chi connectivity index (χ1n) is 12.9. The summed E-state index contributed by atoms with van der Waals surface area (Å²) in [7, 11) is 0. The SMILES string of the molecule is O=C(NC(CC1CCCCC1)C(=O)NCCNc1ccc(OC(F)(F)F)cc1)c1ccc(-n2cncn2)cc1. The molecule has 3 N–H and O–H groups in total. The number of aromatic nitrogens is 3. The second kappa shape index (κ2) is 13.1. The molecule has 1 aromatic heterocycles. The molecule has 2 amide bonds. The van der Waals surface area contributed by atoms with Crippen LogP contribution in [0.15, 0.2) is 61.2 Å². The van der Waals surface area contributed by atoms with Gasteiger partial charge < -0.3 is 20.7 Å². The zero-order valence-electron chi connectivity index (χ0n) is 21.3. The Morgan fingerprint density at radius 3 is 2.36 bits per heavy atom. The van der Waals surface area contributed by atoms with Crippen molar-refractivity contribution in [3.05, 3.63) is 66.7 Å². The molecule has 1 aliphatic carbocycles. The molecular formula is C27H31F3N6O3. The Kier molecular flexibility index (Phi) is 9.40. The van der Waals surface area contributed by atoms with Crippen LogP contribution >= 0.6 is 0 Å². The highest BCUT2D eigenvalue weighted by atomic mass is 19.4. The van der Waals surface area contributed by atoms with E-state index in [0.717, 1.165) is 31.4 Å². The van der Waals surface area contributed by atoms with E-state index >= 15 is 0 Å². The number of nitrogens with zero attached hydrogens (tertiary/aromatic N) is 3. The highest BCUT2D eigenvalue weighted by molar-refractivity contribution is 5.97. The molecule has 0 spiro atoms. The second-order valence-corrected chi connectivity index (χ2v) is 9.44. The fourth-order valence-electron chi connectivity index (χ4n) is 4.63. The number of rotatable bonds is 11. The number of halogens is 3. The topological polar surface area (TPSA) is 110 Å². The summed E-state index contributed by atoms with van der Waals surface area (Å²) in [5.74, 6) is -0.560. The minimum Gasteiger partial charge on any atom is -0.406 e. The summed E-state index contributed by atoms with van der Waals surface area (Å²) < 4.78 is 42.4. The molecule has 1 aliphatic rings. The molecule has 12 heteroatoms. The fraction of sp³-hybridized carbons (Fsp3) is 0.407. The molecule has 3 aromatic rings. The zero-order valence-corrected chi connectivity index (χ0v) is 21.3. The number of hydrogen-bond donors (Lipinski definition) is 3. The number of ether oxygens (including phenoxy) is 1. The third kappa shape index (κ3) is 8.72. The van der Waals surface area contributed by atoms with Crippen molar-refractivity contribution in [2.24, 2.45) is 5.92 Å². The van der Waals surface area contributed by atoms with Gasteiger partial charge in [0.2, 0.25) is 5.91 Å². The van der Waals surface area contributed by atoms with E-state index in [-0.39, 0.29) is 24.1 Å². The molecular weight excluding hydrogens is 513 g/mol. The van der Waals surface area contributed by atoms with Crippen molar-refractivity contribution in [1.82, 2.24) is 25.4 Å². The fourth-order valence-corrected chi connectivity index (χ4v) is 4.63. The first-order valence-corrected chi connectivity index (χ1v) is 12.9. The van der Waals surface area contributed by atoms with Crippen molar-refractivity contribution in [2.45, 2.75) is 50.9 Å². The first kappa shape index (κ1) is 27.9. The summed E-state index contributed by atoms with van der Waals surface area (Å²) in [4.78, 5) is 30.0. The van der Waals surface area contributed by atoms with Gasteiger partial charge in [0.1, 0.15) is 24.4 Å². The van der Waals surface area contributed by atoms with Crippen molar-refractivity contribution in [3.8, 4) is 11.4 Å². The second-order valence-electron chi connectivity index (χ2n) is 9.44. The molecule has 0 radical (unpaired) electrons.